The van der Waals surface area contributed by atoms with Crippen molar-refractivity contribution in [2.24, 2.45) is 0 Å². The van der Waals surface area contributed by atoms with Gasteiger partial charge < -0.3 is 19.5 Å². The van der Waals surface area contributed by atoms with Crippen molar-refractivity contribution >= 4 is 29.7 Å². The van der Waals surface area contributed by atoms with Crippen molar-refractivity contribution in [3.63, 3.8) is 0 Å². The highest BCUT2D eigenvalue weighted by atomic mass is 35.5. The van der Waals surface area contributed by atoms with Gasteiger partial charge in [-0.15, -0.1) is 0 Å². The van der Waals surface area contributed by atoms with Crippen LogP contribution in [0, 0.1) is 5.82 Å². The molecule has 2 amide bonds. The first-order valence-electron chi connectivity index (χ1n) is 10.1. The number of amides is 2. The Morgan fingerprint density at radius 1 is 1.00 bits per heavy atom. The van der Waals surface area contributed by atoms with Crippen LogP contribution in [0.1, 0.15) is 52.7 Å². The van der Waals surface area contributed by atoms with Gasteiger partial charge in [-0.05, 0) is 53.2 Å². The van der Waals surface area contributed by atoms with E-state index in [-0.39, 0.29) is 30.1 Å². The largest absolute Gasteiger partial charge is 0.473 e. The van der Waals surface area contributed by atoms with Gasteiger partial charge >= 0.3 is 12.2 Å². The van der Waals surface area contributed by atoms with Crippen molar-refractivity contribution in [2.45, 2.75) is 65.9 Å². The molecule has 2 N–H and O–H groups in total. The minimum atomic E-state index is -0.742. The van der Waals surface area contributed by atoms with Crippen LogP contribution in [0.15, 0.2) is 24.3 Å². The van der Waals surface area contributed by atoms with Crippen LogP contribution in [0.4, 0.5) is 19.9 Å². The minimum Gasteiger partial charge on any atom is -0.473 e. The Kier molecular flexibility index (Phi) is 8.43. The molecule has 1 aromatic carbocycles. The maximum atomic E-state index is 14.4. The average Bonchev–Trinajstić information content (AvgIpc) is 2.62. The number of aromatic nitrogens is 2. The van der Waals surface area contributed by atoms with E-state index in [4.69, 9.17) is 25.8 Å². The van der Waals surface area contributed by atoms with Crippen molar-refractivity contribution < 1.29 is 28.2 Å². The lowest BCUT2D eigenvalue weighted by molar-refractivity contribution is 0.0522. The Balaban J connectivity index is 1.96. The zero-order chi connectivity index (χ0) is 24.8. The maximum Gasteiger partial charge on any atom is 0.414 e. The Labute approximate surface area is 197 Å². The molecule has 0 fully saturated rings. The highest BCUT2D eigenvalue weighted by molar-refractivity contribution is 6.29. The molecular formula is C22H28ClFN4O5. The van der Waals surface area contributed by atoms with Crippen molar-refractivity contribution in [3.05, 3.63) is 46.4 Å². The van der Waals surface area contributed by atoms with Gasteiger partial charge in [-0.2, -0.15) is 4.98 Å². The third-order valence-corrected chi connectivity index (χ3v) is 3.80. The second-order valence-electron chi connectivity index (χ2n) is 9.05. The number of nitrogens with zero attached hydrogens (tertiary/aromatic N) is 2. The number of benzene rings is 1. The van der Waals surface area contributed by atoms with E-state index in [2.05, 4.69) is 20.6 Å². The zero-order valence-electron chi connectivity index (χ0n) is 19.4. The summed E-state index contributed by atoms with van der Waals surface area (Å²) in [7, 11) is 0. The second-order valence-corrected chi connectivity index (χ2v) is 9.44. The molecule has 0 aliphatic heterocycles. The third-order valence-electron chi connectivity index (χ3n) is 3.61. The van der Waals surface area contributed by atoms with E-state index in [9.17, 15) is 14.0 Å². The molecule has 0 radical (unpaired) electrons. The molecule has 0 bridgehead atoms. The monoisotopic (exact) mass is 482 g/mol. The van der Waals surface area contributed by atoms with E-state index in [0.29, 0.717) is 11.1 Å². The van der Waals surface area contributed by atoms with Gasteiger partial charge in [0.2, 0.25) is 11.8 Å². The summed E-state index contributed by atoms with van der Waals surface area (Å²) in [6, 6.07) is 5.83. The topological polar surface area (TPSA) is 112 Å². The van der Waals surface area contributed by atoms with Crippen LogP contribution in [0.3, 0.4) is 0 Å². The quantitative estimate of drug-likeness (QED) is 0.543. The SMILES string of the molecule is CC(C)(C)OC(=O)NCc1ccc(COc2cc(Cl)nc(NC(=O)OC(C)(C)C)n2)cc1F. The highest BCUT2D eigenvalue weighted by Gasteiger charge is 2.18. The number of halogens is 2. The molecular weight excluding hydrogens is 455 g/mol. The molecule has 0 aliphatic rings. The molecule has 9 nitrogen and oxygen atoms in total. The van der Waals surface area contributed by atoms with E-state index in [1.807, 2.05) is 0 Å². The van der Waals surface area contributed by atoms with Crippen molar-refractivity contribution in [3.8, 4) is 5.88 Å². The van der Waals surface area contributed by atoms with E-state index in [1.54, 1.807) is 47.6 Å². The molecule has 0 spiro atoms. The van der Waals surface area contributed by atoms with E-state index in [1.165, 1.54) is 18.2 Å². The number of nitrogens with one attached hydrogen (secondary N) is 2. The summed E-state index contributed by atoms with van der Waals surface area (Å²) in [4.78, 5) is 31.6. The number of carbonyl (C=O) groups excluding carboxylic acids is 2. The lowest BCUT2D eigenvalue weighted by Crippen LogP contribution is -2.32. The van der Waals surface area contributed by atoms with Gasteiger partial charge in [0.1, 0.15) is 28.8 Å². The summed E-state index contributed by atoms with van der Waals surface area (Å²) in [6.45, 7) is 10.3. The Morgan fingerprint density at radius 2 is 1.64 bits per heavy atom. The Morgan fingerprint density at radius 3 is 2.24 bits per heavy atom. The normalized spacial score (nSPS) is 11.5. The van der Waals surface area contributed by atoms with Crippen LogP contribution in [0.25, 0.3) is 0 Å². The second kappa shape index (κ2) is 10.7. The van der Waals surface area contributed by atoms with Crippen LogP contribution in [-0.2, 0) is 22.6 Å². The molecule has 33 heavy (non-hydrogen) atoms. The number of ether oxygens (including phenoxy) is 3. The molecule has 0 atom stereocenters. The molecule has 1 heterocycles. The van der Waals surface area contributed by atoms with Crippen LogP contribution in [-0.4, -0.2) is 33.4 Å². The molecule has 2 rings (SSSR count). The number of rotatable bonds is 6. The van der Waals surface area contributed by atoms with Gasteiger partial charge in [0, 0.05) is 18.2 Å². The van der Waals surface area contributed by atoms with Gasteiger partial charge in [0.05, 0.1) is 0 Å². The first-order chi connectivity index (χ1) is 15.2. The van der Waals surface area contributed by atoms with Gasteiger partial charge in [-0.1, -0.05) is 23.7 Å². The number of alkyl carbamates (subject to hydrolysis) is 1. The van der Waals surface area contributed by atoms with Crippen molar-refractivity contribution in [1.82, 2.24) is 15.3 Å². The number of hydrogen-bond acceptors (Lipinski definition) is 7. The Bertz CT molecular complexity index is 1010. The lowest BCUT2D eigenvalue weighted by atomic mass is 10.1. The summed E-state index contributed by atoms with van der Waals surface area (Å²) in [5, 5.41) is 4.93. The smallest absolute Gasteiger partial charge is 0.414 e. The van der Waals surface area contributed by atoms with Crippen molar-refractivity contribution in [2.75, 3.05) is 5.32 Å². The zero-order valence-corrected chi connectivity index (χ0v) is 20.2. The standard InChI is InChI=1S/C22H28ClFN4O5/c1-21(2,3)32-19(29)25-11-14-8-7-13(9-15(14)24)12-31-17-10-16(23)26-18(27-17)28-20(30)33-22(4,5)6/h7-10H,11-12H2,1-6H3,(H,25,29)(H,26,27,28,30). The highest BCUT2D eigenvalue weighted by Crippen LogP contribution is 2.19. The molecule has 180 valence electrons. The molecule has 11 heteroatoms. The first kappa shape index (κ1) is 26.1. The molecule has 2 aromatic rings. The number of hydrogen-bond donors (Lipinski definition) is 2. The predicted molar refractivity (Wildman–Crippen MR) is 121 cm³/mol. The van der Waals surface area contributed by atoms with Crippen LogP contribution in [0.2, 0.25) is 5.15 Å². The fraction of sp³-hybridized carbons (Fsp3) is 0.455. The molecule has 0 aliphatic carbocycles. The number of anilines is 1. The van der Waals surface area contributed by atoms with Gasteiger partial charge in [-0.3, -0.25) is 5.32 Å². The lowest BCUT2D eigenvalue weighted by Gasteiger charge is -2.19. The van der Waals surface area contributed by atoms with Gasteiger partial charge in [0.25, 0.3) is 0 Å². The van der Waals surface area contributed by atoms with E-state index < -0.39 is 29.2 Å². The number of carbonyl (C=O) groups is 2. The first-order valence-corrected chi connectivity index (χ1v) is 10.5. The van der Waals surface area contributed by atoms with E-state index >= 15 is 0 Å². The fourth-order valence-electron chi connectivity index (χ4n) is 2.38. The van der Waals surface area contributed by atoms with Crippen LogP contribution in [0.5, 0.6) is 5.88 Å². The summed E-state index contributed by atoms with van der Waals surface area (Å²) in [5.41, 5.74) is -0.528. The summed E-state index contributed by atoms with van der Waals surface area (Å²) in [6.07, 6.45) is -1.38. The summed E-state index contributed by atoms with van der Waals surface area (Å²) >= 11 is 5.97. The van der Waals surface area contributed by atoms with Crippen LogP contribution >= 0.6 is 11.6 Å². The molecule has 1 aromatic heterocycles. The average molecular weight is 483 g/mol. The third kappa shape index (κ3) is 9.90. The predicted octanol–water partition coefficient (Wildman–Crippen LogP) is 5.22. The Hall–Kier alpha value is -3.14. The van der Waals surface area contributed by atoms with Crippen molar-refractivity contribution in [1.29, 1.82) is 0 Å². The molecule has 0 unspecified atom stereocenters. The molecule has 0 saturated carbocycles. The fourth-order valence-corrected chi connectivity index (χ4v) is 2.56. The summed E-state index contributed by atoms with van der Waals surface area (Å²) in [5.74, 6) is -0.529. The van der Waals surface area contributed by atoms with Crippen LogP contribution < -0.4 is 15.4 Å². The maximum absolute atomic E-state index is 14.4. The summed E-state index contributed by atoms with van der Waals surface area (Å²) < 4.78 is 30.2. The van der Waals surface area contributed by atoms with Gasteiger partial charge in [-0.25, -0.2) is 19.0 Å². The minimum absolute atomic E-state index is 0.0179. The van der Waals surface area contributed by atoms with Gasteiger partial charge in [0.15, 0.2) is 0 Å². The molecule has 0 saturated heterocycles. The van der Waals surface area contributed by atoms with E-state index in [0.717, 1.165) is 0 Å².